The minimum atomic E-state index is -3.20. The third-order valence-electron chi connectivity index (χ3n) is 4.67. The van der Waals surface area contributed by atoms with Gasteiger partial charge in [-0.05, 0) is 36.4 Å². The van der Waals surface area contributed by atoms with Crippen molar-refractivity contribution in [2.45, 2.75) is 12.8 Å². The molecule has 0 bridgehead atoms. The molecule has 0 radical (unpaired) electrons. The van der Waals surface area contributed by atoms with Gasteiger partial charge in [-0.25, -0.2) is 18.2 Å². The van der Waals surface area contributed by atoms with Crippen LogP contribution in [0.2, 0.25) is 10.0 Å². The molecule has 0 atom stereocenters. The summed E-state index contributed by atoms with van der Waals surface area (Å²) in [4.78, 5) is 29.6. The first-order valence-corrected chi connectivity index (χ1v) is 10.5. The lowest BCUT2D eigenvalue weighted by Crippen LogP contribution is -2.29. The lowest BCUT2D eigenvalue weighted by atomic mass is 10.0. The molecule has 0 fully saturated rings. The number of aromatic nitrogens is 1. The van der Waals surface area contributed by atoms with E-state index in [1.165, 1.54) is 49.6 Å². The van der Waals surface area contributed by atoms with Gasteiger partial charge in [0.1, 0.15) is 5.82 Å². The van der Waals surface area contributed by atoms with Crippen LogP contribution < -0.4 is 15.4 Å². The summed E-state index contributed by atoms with van der Waals surface area (Å²) in [6.45, 7) is -0.367. The first-order valence-electron chi connectivity index (χ1n) is 9.71. The Labute approximate surface area is 203 Å². The second-order valence-corrected chi connectivity index (χ2v) is 8.24. The number of rotatable bonds is 7. The maximum absolute atomic E-state index is 14.3. The van der Waals surface area contributed by atoms with Crippen LogP contribution in [0.15, 0.2) is 48.7 Å². The molecule has 1 heterocycles. The lowest BCUT2D eigenvalue weighted by Gasteiger charge is -2.22. The molecule has 0 aliphatic rings. The Balaban J connectivity index is 2.10. The van der Waals surface area contributed by atoms with E-state index in [9.17, 15) is 22.8 Å². The summed E-state index contributed by atoms with van der Waals surface area (Å²) < 4.78 is 46.6. The first kappa shape index (κ1) is 25.3. The summed E-state index contributed by atoms with van der Waals surface area (Å²) in [5, 5.41) is 0.0972. The number of nitrogens with two attached hydrogens (primary N) is 1. The Bertz CT molecular complexity index is 1250. The molecule has 2 amide bonds. The Hall–Kier alpha value is -3.30. The summed E-state index contributed by atoms with van der Waals surface area (Å²) >= 11 is 12.2. The van der Waals surface area contributed by atoms with Crippen molar-refractivity contribution >= 4 is 40.8 Å². The molecule has 0 aliphatic carbocycles. The van der Waals surface area contributed by atoms with Crippen LogP contribution in [0, 0.1) is 5.82 Å². The van der Waals surface area contributed by atoms with Gasteiger partial charge in [0.2, 0.25) is 5.91 Å². The summed E-state index contributed by atoms with van der Waals surface area (Å²) in [7, 11) is 1.27. The zero-order valence-electron chi connectivity index (χ0n) is 17.9. The van der Waals surface area contributed by atoms with Crippen molar-refractivity contribution in [3.63, 3.8) is 0 Å². The maximum Gasteiger partial charge on any atom is 0.278 e. The van der Waals surface area contributed by atoms with Crippen LogP contribution in [0.3, 0.4) is 0 Å². The number of hydrogen-bond donors (Lipinski definition) is 1. The molecule has 0 saturated carbocycles. The summed E-state index contributed by atoms with van der Waals surface area (Å²) in [5.41, 5.74) is 5.70. The summed E-state index contributed by atoms with van der Waals surface area (Å²) in [6, 6.07) is 9.35. The average Bonchev–Trinajstić information content (AvgIpc) is 2.76. The molecule has 0 unspecified atom stereocenters. The minimum absolute atomic E-state index is 0.133. The van der Waals surface area contributed by atoms with Crippen molar-refractivity contribution < 1.29 is 27.5 Å². The zero-order chi connectivity index (χ0) is 25.2. The second-order valence-electron chi connectivity index (χ2n) is 7.42. The van der Waals surface area contributed by atoms with Crippen LogP contribution in [0.25, 0.3) is 11.1 Å². The highest BCUT2D eigenvalue weighted by molar-refractivity contribution is 6.34. The second kappa shape index (κ2) is 9.90. The van der Waals surface area contributed by atoms with E-state index in [2.05, 4.69) is 4.98 Å². The number of primary amides is 1. The molecule has 0 saturated heterocycles. The average molecular weight is 512 g/mol. The molecule has 11 heteroatoms. The van der Waals surface area contributed by atoms with Crippen molar-refractivity contribution in [3.05, 3.63) is 75.7 Å². The molecule has 6 nitrogen and oxygen atoms in total. The van der Waals surface area contributed by atoms with E-state index >= 15 is 0 Å². The fourth-order valence-corrected chi connectivity index (χ4v) is 3.48. The lowest BCUT2D eigenvalue weighted by molar-refractivity contribution is -0.0228. The molecule has 0 spiro atoms. The highest BCUT2D eigenvalue weighted by Crippen LogP contribution is 2.36. The SMILES string of the molecule is CN(C(=O)c1c(F)cccc1Cl)c1ncc(-c2cc(C(N)=O)ccc2Cl)cc1OCC(C)(F)F. The van der Waals surface area contributed by atoms with E-state index in [4.69, 9.17) is 33.7 Å². The fraction of sp³-hybridized carbons (Fsp3) is 0.174. The standard InChI is InChI=1S/C23H18Cl2F3N3O3/c1-23(27,28)11-34-18-9-13(14-8-12(20(29)32)6-7-15(14)24)10-30-21(18)31(2)22(33)19-16(25)4-3-5-17(19)26/h3-10H,11H2,1-2H3,(H2,29,32). The van der Waals surface area contributed by atoms with Crippen LogP contribution in [0.5, 0.6) is 5.75 Å². The zero-order valence-corrected chi connectivity index (χ0v) is 19.4. The fourth-order valence-electron chi connectivity index (χ4n) is 3.01. The number of pyridine rings is 1. The molecular formula is C23H18Cl2F3N3O3. The van der Waals surface area contributed by atoms with E-state index in [-0.39, 0.29) is 27.2 Å². The van der Waals surface area contributed by atoms with E-state index in [1.807, 2.05) is 0 Å². The molecule has 3 rings (SSSR count). The van der Waals surface area contributed by atoms with Crippen molar-refractivity contribution in [3.8, 4) is 16.9 Å². The Morgan fingerprint density at radius 2 is 1.85 bits per heavy atom. The van der Waals surface area contributed by atoms with Gasteiger partial charge in [0.05, 0.1) is 10.6 Å². The highest BCUT2D eigenvalue weighted by atomic mass is 35.5. The highest BCUT2D eigenvalue weighted by Gasteiger charge is 2.27. The Morgan fingerprint density at radius 1 is 1.15 bits per heavy atom. The monoisotopic (exact) mass is 511 g/mol. The van der Waals surface area contributed by atoms with E-state index < -0.39 is 35.7 Å². The van der Waals surface area contributed by atoms with Crippen molar-refractivity contribution in [2.24, 2.45) is 5.73 Å². The van der Waals surface area contributed by atoms with Crippen LogP contribution >= 0.6 is 23.2 Å². The number of halogens is 5. The number of carbonyl (C=O) groups is 2. The molecule has 2 aromatic carbocycles. The largest absolute Gasteiger partial charge is 0.483 e. The molecular weight excluding hydrogens is 494 g/mol. The smallest absolute Gasteiger partial charge is 0.278 e. The molecule has 0 aliphatic heterocycles. The van der Waals surface area contributed by atoms with Gasteiger partial charge in [0.15, 0.2) is 18.2 Å². The van der Waals surface area contributed by atoms with Crippen LogP contribution in [0.1, 0.15) is 27.6 Å². The van der Waals surface area contributed by atoms with Crippen LogP contribution in [0.4, 0.5) is 19.0 Å². The van der Waals surface area contributed by atoms with Crippen molar-refractivity contribution in [1.82, 2.24) is 4.98 Å². The van der Waals surface area contributed by atoms with Crippen LogP contribution in [-0.4, -0.2) is 36.4 Å². The Morgan fingerprint density at radius 3 is 2.47 bits per heavy atom. The third-order valence-corrected chi connectivity index (χ3v) is 5.32. The number of alkyl halides is 2. The van der Waals surface area contributed by atoms with Gasteiger partial charge in [0.25, 0.3) is 11.8 Å². The molecule has 1 aromatic heterocycles. The van der Waals surface area contributed by atoms with Gasteiger partial charge in [-0.3, -0.25) is 14.5 Å². The normalized spacial score (nSPS) is 11.3. The summed E-state index contributed by atoms with van der Waals surface area (Å²) in [6.07, 6.45) is 1.30. The van der Waals surface area contributed by atoms with Gasteiger partial charge < -0.3 is 10.5 Å². The van der Waals surface area contributed by atoms with Gasteiger partial charge in [-0.15, -0.1) is 0 Å². The number of benzene rings is 2. The molecule has 34 heavy (non-hydrogen) atoms. The Kier molecular flexibility index (Phi) is 7.38. The topological polar surface area (TPSA) is 85.5 Å². The number of nitrogens with zero attached hydrogens (tertiary/aromatic N) is 2. The third kappa shape index (κ3) is 5.60. The van der Waals surface area contributed by atoms with Gasteiger partial charge in [0, 0.05) is 41.9 Å². The minimum Gasteiger partial charge on any atom is -0.483 e. The molecule has 2 N–H and O–H groups in total. The quantitative estimate of drug-likeness (QED) is 0.447. The van der Waals surface area contributed by atoms with Gasteiger partial charge in [-0.1, -0.05) is 29.3 Å². The number of ether oxygens (including phenoxy) is 1. The molecule has 178 valence electrons. The van der Waals surface area contributed by atoms with Crippen LogP contribution in [-0.2, 0) is 0 Å². The van der Waals surface area contributed by atoms with Crippen molar-refractivity contribution in [2.75, 3.05) is 18.6 Å². The summed E-state index contributed by atoms with van der Waals surface area (Å²) in [5.74, 6) is -6.00. The van der Waals surface area contributed by atoms with Gasteiger partial charge >= 0.3 is 0 Å². The molecule has 3 aromatic rings. The van der Waals surface area contributed by atoms with E-state index in [1.54, 1.807) is 0 Å². The number of hydrogen-bond acceptors (Lipinski definition) is 4. The predicted molar refractivity (Wildman–Crippen MR) is 123 cm³/mol. The van der Waals surface area contributed by atoms with E-state index in [0.717, 1.165) is 11.0 Å². The number of anilines is 1. The van der Waals surface area contributed by atoms with E-state index in [0.29, 0.717) is 18.1 Å². The maximum atomic E-state index is 14.3. The number of amides is 2. The first-order chi connectivity index (χ1) is 15.9. The van der Waals surface area contributed by atoms with Gasteiger partial charge in [-0.2, -0.15) is 0 Å². The number of carbonyl (C=O) groups excluding carboxylic acids is 2. The predicted octanol–water partition coefficient (Wildman–Crippen LogP) is 5.60. The van der Waals surface area contributed by atoms with Crippen molar-refractivity contribution in [1.29, 1.82) is 0 Å².